The van der Waals surface area contributed by atoms with Crippen molar-refractivity contribution in [3.63, 3.8) is 0 Å². The van der Waals surface area contributed by atoms with E-state index < -0.39 is 0 Å². The van der Waals surface area contributed by atoms with Gasteiger partial charge in [-0.05, 0) is 13.0 Å². The fourth-order valence-electron chi connectivity index (χ4n) is 0.976. The minimum Gasteiger partial charge on any atom is -0.504 e. The molecule has 0 radical (unpaired) electrons. The Labute approximate surface area is 72.1 Å². The molecular formula is C10H12O2. The largest absolute Gasteiger partial charge is 0.504 e. The lowest BCUT2D eigenvalue weighted by Crippen LogP contribution is -1.92. The molecule has 0 saturated carbocycles. The highest BCUT2D eigenvalue weighted by atomic mass is 16.5. The summed E-state index contributed by atoms with van der Waals surface area (Å²) in [6.07, 6.45) is 1.60. The molecule has 2 heteroatoms. The lowest BCUT2D eigenvalue weighted by molar-refractivity contribution is 0.318. The third kappa shape index (κ3) is 1.59. The molecule has 0 saturated heterocycles. The molecular weight excluding hydrogens is 152 g/mol. The predicted octanol–water partition coefficient (Wildman–Crippen LogP) is 2.43. The zero-order valence-electron chi connectivity index (χ0n) is 7.08. The van der Waals surface area contributed by atoms with Gasteiger partial charge in [-0.3, -0.25) is 0 Å². The van der Waals surface area contributed by atoms with Crippen molar-refractivity contribution in [3.05, 3.63) is 30.3 Å². The predicted molar refractivity (Wildman–Crippen MR) is 49.4 cm³/mol. The standard InChI is InChI=1S/C10H12O2/c1-3-8-6-5-7-9(10(8)11)12-4-2/h3,5-7,11H,1,4H2,2H3. The van der Waals surface area contributed by atoms with Crippen molar-refractivity contribution in [1.29, 1.82) is 0 Å². The van der Waals surface area contributed by atoms with Crippen molar-refractivity contribution in [2.24, 2.45) is 0 Å². The monoisotopic (exact) mass is 164 g/mol. The van der Waals surface area contributed by atoms with Gasteiger partial charge in [0.05, 0.1) is 6.61 Å². The summed E-state index contributed by atoms with van der Waals surface area (Å²) < 4.78 is 5.18. The van der Waals surface area contributed by atoms with Gasteiger partial charge in [-0.2, -0.15) is 0 Å². The maximum Gasteiger partial charge on any atom is 0.165 e. The number of hydrogen-bond acceptors (Lipinski definition) is 2. The van der Waals surface area contributed by atoms with Crippen LogP contribution in [0.5, 0.6) is 11.5 Å². The maximum absolute atomic E-state index is 9.52. The summed E-state index contributed by atoms with van der Waals surface area (Å²) in [5.74, 6) is 0.671. The van der Waals surface area contributed by atoms with Gasteiger partial charge in [-0.25, -0.2) is 0 Å². The molecule has 0 amide bonds. The zero-order valence-corrected chi connectivity index (χ0v) is 7.08. The number of phenolic OH excluding ortho intramolecular Hbond substituents is 1. The average Bonchev–Trinajstić information content (AvgIpc) is 2.09. The SMILES string of the molecule is C=Cc1cccc(OCC)c1O. The molecule has 1 N–H and O–H groups in total. The van der Waals surface area contributed by atoms with Gasteiger partial charge in [0.2, 0.25) is 0 Å². The Hall–Kier alpha value is -1.44. The fourth-order valence-corrected chi connectivity index (χ4v) is 0.976. The second kappa shape index (κ2) is 3.81. The first-order valence-electron chi connectivity index (χ1n) is 3.86. The van der Waals surface area contributed by atoms with E-state index in [9.17, 15) is 5.11 Å². The molecule has 0 aliphatic carbocycles. The summed E-state index contributed by atoms with van der Waals surface area (Å²) in [4.78, 5) is 0. The van der Waals surface area contributed by atoms with Crippen LogP contribution < -0.4 is 4.74 Å². The summed E-state index contributed by atoms with van der Waals surface area (Å²) in [7, 11) is 0. The van der Waals surface area contributed by atoms with E-state index in [1.165, 1.54) is 0 Å². The van der Waals surface area contributed by atoms with Crippen LogP contribution in [0.2, 0.25) is 0 Å². The fraction of sp³-hybridized carbons (Fsp3) is 0.200. The van der Waals surface area contributed by atoms with Crippen molar-refractivity contribution < 1.29 is 9.84 Å². The average molecular weight is 164 g/mol. The Morgan fingerprint density at radius 1 is 1.58 bits per heavy atom. The number of rotatable bonds is 3. The van der Waals surface area contributed by atoms with Crippen LogP contribution in [0.15, 0.2) is 24.8 Å². The first-order valence-corrected chi connectivity index (χ1v) is 3.86. The number of ether oxygens (including phenoxy) is 1. The molecule has 0 aliphatic heterocycles. The molecule has 0 atom stereocenters. The topological polar surface area (TPSA) is 29.5 Å². The van der Waals surface area contributed by atoms with Crippen LogP contribution in [0, 0.1) is 0 Å². The Kier molecular flexibility index (Phi) is 2.75. The molecule has 1 aromatic rings. The van der Waals surface area contributed by atoms with Crippen LogP contribution >= 0.6 is 0 Å². The summed E-state index contributed by atoms with van der Waals surface area (Å²) in [5.41, 5.74) is 0.695. The van der Waals surface area contributed by atoms with Gasteiger partial charge in [0.25, 0.3) is 0 Å². The number of para-hydroxylation sites is 1. The van der Waals surface area contributed by atoms with Crippen molar-refractivity contribution in [3.8, 4) is 11.5 Å². The number of aromatic hydroxyl groups is 1. The molecule has 12 heavy (non-hydrogen) atoms. The van der Waals surface area contributed by atoms with Gasteiger partial charge in [-0.15, -0.1) is 0 Å². The molecule has 0 aliphatic rings. The molecule has 0 heterocycles. The molecule has 0 bridgehead atoms. The Bertz CT molecular complexity index is 279. The van der Waals surface area contributed by atoms with Gasteiger partial charge in [0.1, 0.15) is 0 Å². The number of hydrogen-bond donors (Lipinski definition) is 1. The van der Waals surface area contributed by atoms with Crippen LogP contribution in [0.1, 0.15) is 12.5 Å². The summed E-state index contributed by atoms with van der Waals surface area (Å²) in [5, 5.41) is 9.52. The van der Waals surface area contributed by atoms with Gasteiger partial charge >= 0.3 is 0 Å². The third-order valence-electron chi connectivity index (χ3n) is 1.55. The van der Waals surface area contributed by atoms with Crippen molar-refractivity contribution >= 4 is 6.08 Å². The smallest absolute Gasteiger partial charge is 0.165 e. The quantitative estimate of drug-likeness (QED) is 0.743. The molecule has 0 unspecified atom stereocenters. The molecule has 1 rings (SSSR count). The first kappa shape index (κ1) is 8.65. The van der Waals surface area contributed by atoms with Crippen LogP contribution in [0.3, 0.4) is 0 Å². The normalized spacial score (nSPS) is 9.42. The number of benzene rings is 1. The van der Waals surface area contributed by atoms with E-state index in [-0.39, 0.29) is 5.75 Å². The second-order valence-electron chi connectivity index (χ2n) is 2.33. The van der Waals surface area contributed by atoms with Gasteiger partial charge < -0.3 is 9.84 Å². The second-order valence-corrected chi connectivity index (χ2v) is 2.33. The minimum absolute atomic E-state index is 0.161. The van der Waals surface area contributed by atoms with E-state index in [4.69, 9.17) is 4.74 Å². The van der Waals surface area contributed by atoms with Gasteiger partial charge in [-0.1, -0.05) is 24.8 Å². The maximum atomic E-state index is 9.52. The van der Waals surface area contributed by atoms with Crippen molar-refractivity contribution in [2.75, 3.05) is 6.61 Å². The summed E-state index contributed by atoms with van der Waals surface area (Å²) in [6.45, 7) is 6.00. The molecule has 1 aromatic carbocycles. The highest BCUT2D eigenvalue weighted by molar-refractivity contribution is 5.60. The van der Waals surface area contributed by atoms with E-state index >= 15 is 0 Å². The van der Waals surface area contributed by atoms with E-state index in [0.717, 1.165) is 0 Å². The molecule has 64 valence electrons. The van der Waals surface area contributed by atoms with Crippen LogP contribution in [-0.2, 0) is 0 Å². The zero-order chi connectivity index (χ0) is 8.97. The van der Waals surface area contributed by atoms with E-state index in [1.54, 1.807) is 18.2 Å². The molecule has 0 aromatic heterocycles. The highest BCUT2D eigenvalue weighted by Crippen LogP contribution is 2.29. The Morgan fingerprint density at radius 3 is 2.92 bits per heavy atom. The molecule has 0 fully saturated rings. The van der Waals surface area contributed by atoms with Gasteiger partial charge in [0.15, 0.2) is 11.5 Å². The first-order chi connectivity index (χ1) is 5.79. The lowest BCUT2D eigenvalue weighted by atomic mass is 10.2. The van der Waals surface area contributed by atoms with E-state index in [0.29, 0.717) is 17.9 Å². The third-order valence-corrected chi connectivity index (χ3v) is 1.55. The summed E-state index contributed by atoms with van der Waals surface area (Å²) in [6, 6.07) is 5.33. The molecule has 2 nitrogen and oxygen atoms in total. The van der Waals surface area contributed by atoms with Crippen molar-refractivity contribution in [1.82, 2.24) is 0 Å². The van der Waals surface area contributed by atoms with E-state index in [2.05, 4.69) is 6.58 Å². The van der Waals surface area contributed by atoms with Gasteiger partial charge in [0, 0.05) is 5.56 Å². The Morgan fingerprint density at radius 2 is 2.33 bits per heavy atom. The Balaban J connectivity index is 3.04. The van der Waals surface area contributed by atoms with Crippen molar-refractivity contribution in [2.45, 2.75) is 6.92 Å². The number of phenols is 1. The minimum atomic E-state index is 0.161. The molecule has 0 spiro atoms. The summed E-state index contributed by atoms with van der Waals surface area (Å²) >= 11 is 0. The highest BCUT2D eigenvalue weighted by Gasteiger charge is 2.03. The van der Waals surface area contributed by atoms with Crippen LogP contribution in [0.25, 0.3) is 6.08 Å². The van der Waals surface area contributed by atoms with Crippen LogP contribution in [-0.4, -0.2) is 11.7 Å². The van der Waals surface area contributed by atoms with Crippen LogP contribution in [0.4, 0.5) is 0 Å². The lowest BCUT2D eigenvalue weighted by Gasteiger charge is -2.06. The van der Waals surface area contributed by atoms with E-state index in [1.807, 2.05) is 13.0 Å².